The van der Waals surface area contributed by atoms with E-state index >= 15 is 0 Å². The number of rotatable bonds is 1. The molecular weight excluding hydrogens is 146 g/mol. The summed E-state index contributed by atoms with van der Waals surface area (Å²) in [4.78, 5) is 0. The Hall–Kier alpha value is -1.24. The first-order valence-corrected chi connectivity index (χ1v) is 4.41. The Morgan fingerprint density at radius 1 is 1.25 bits per heavy atom. The largest absolute Gasteiger partial charge is 0.399 e. The molecular formula is C11H13N. The van der Waals surface area contributed by atoms with Gasteiger partial charge in [-0.25, -0.2) is 0 Å². The van der Waals surface area contributed by atoms with Crippen LogP contribution in [0, 0.1) is 0 Å². The van der Waals surface area contributed by atoms with E-state index < -0.39 is 0 Å². The molecule has 0 aliphatic heterocycles. The van der Waals surface area contributed by atoms with Crippen LogP contribution >= 0.6 is 0 Å². The maximum absolute atomic E-state index is 5.70. The van der Waals surface area contributed by atoms with Crippen LogP contribution in [0.5, 0.6) is 0 Å². The van der Waals surface area contributed by atoms with Crippen molar-refractivity contribution in [1.29, 1.82) is 0 Å². The average molecular weight is 159 g/mol. The molecule has 0 saturated heterocycles. The van der Waals surface area contributed by atoms with Crippen LogP contribution in [0.4, 0.5) is 5.69 Å². The molecule has 0 radical (unpaired) electrons. The second-order valence-corrected chi connectivity index (χ2v) is 3.25. The van der Waals surface area contributed by atoms with Crippen molar-refractivity contribution < 1.29 is 0 Å². The van der Waals surface area contributed by atoms with Gasteiger partial charge in [0.05, 0.1) is 0 Å². The van der Waals surface area contributed by atoms with Gasteiger partial charge < -0.3 is 5.73 Å². The number of anilines is 1. The zero-order valence-corrected chi connectivity index (χ0v) is 7.09. The van der Waals surface area contributed by atoms with Crippen LogP contribution in [0.1, 0.15) is 24.8 Å². The number of hydrogen-bond acceptors (Lipinski definition) is 1. The van der Waals surface area contributed by atoms with Crippen LogP contribution in [0.3, 0.4) is 0 Å². The lowest BCUT2D eigenvalue weighted by atomic mass is 10.1. The molecule has 1 nitrogen and oxygen atoms in total. The maximum atomic E-state index is 5.70. The highest BCUT2D eigenvalue weighted by Gasteiger charge is 2.06. The second kappa shape index (κ2) is 3.02. The Balaban J connectivity index is 2.33. The summed E-state index contributed by atoms with van der Waals surface area (Å²) in [5.74, 6) is 0. The summed E-state index contributed by atoms with van der Waals surface area (Å²) in [6.07, 6.45) is 6.05. The van der Waals surface area contributed by atoms with Crippen molar-refractivity contribution >= 4 is 11.3 Å². The Morgan fingerprint density at radius 2 is 2.17 bits per heavy atom. The minimum absolute atomic E-state index is 0.861. The van der Waals surface area contributed by atoms with Crippen LogP contribution in [0.15, 0.2) is 30.3 Å². The van der Waals surface area contributed by atoms with E-state index in [4.69, 9.17) is 5.73 Å². The average Bonchev–Trinajstić information content (AvgIpc) is 2.56. The van der Waals surface area contributed by atoms with Crippen LogP contribution < -0.4 is 5.73 Å². The molecule has 0 saturated carbocycles. The van der Waals surface area contributed by atoms with E-state index in [0.717, 1.165) is 5.69 Å². The highest BCUT2D eigenvalue weighted by molar-refractivity contribution is 5.69. The molecule has 1 aliphatic carbocycles. The Morgan fingerprint density at radius 3 is 2.83 bits per heavy atom. The van der Waals surface area contributed by atoms with Crippen molar-refractivity contribution in [2.45, 2.75) is 19.3 Å². The molecule has 0 aromatic heterocycles. The third-order valence-electron chi connectivity index (χ3n) is 2.30. The van der Waals surface area contributed by atoms with Crippen molar-refractivity contribution in [3.8, 4) is 0 Å². The predicted molar refractivity (Wildman–Crippen MR) is 52.7 cm³/mol. The minimum atomic E-state index is 0.861. The first-order chi connectivity index (χ1) is 5.86. The fraction of sp³-hybridized carbons (Fsp3) is 0.273. The molecule has 1 aromatic rings. The van der Waals surface area contributed by atoms with Gasteiger partial charge in [-0.2, -0.15) is 0 Å². The predicted octanol–water partition coefficient (Wildman–Crippen LogP) is 2.84. The van der Waals surface area contributed by atoms with Crippen molar-refractivity contribution in [3.05, 3.63) is 35.9 Å². The molecule has 1 aromatic carbocycles. The highest BCUT2D eigenvalue weighted by atomic mass is 14.5. The summed E-state index contributed by atoms with van der Waals surface area (Å²) in [6.45, 7) is 0. The van der Waals surface area contributed by atoms with E-state index in [9.17, 15) is 0 Å². The second-order valence-electron chi connectivity index (χ2n) is 3.25. The van der Waals surface area contributed by atoms with Gasteiger partial charge in [0.1, 0.15) is 0 Å². The topological polar surface area (TPSA) is 26.0 Å². The third kappa shape index (κ3) is 1.35. The van der Waals surface area contributed by atoms with Crippen LogP contribution in [-0.4, -0.2) is 0 Å². The van der Waals surface area contributed by atoms with Gasteiger partial charge in [0.25, 0.3) is 0 Å². The van der Waals surface area contributed by atoms with E-state index in [2.05, 4.69) is 18.2 Å². The van der Waals surface area contributed by atoms with E-state index in [-0.39, 0.29) is 0 Å². The van der Waals surface area contributed by atoms with Gasteiger partial charge in [-0.1, -0.05) is 18.2 Å². The lowest BCUT2D eigenvalue weighted by Gasteiger charge is -2.02. The van der Waals surface area contributed by atoms with Gasteiger partial charge in [0.2, 0.25) is 0 Å². The molecule has 0 amide bonds. The maximum Gasteiger partial charge on any atom is 0.0320 e. The summed E-state index contributed by atoms with van der Waals surface area (Å²) >= 11 is 0. The van der Waals surface area contributed by atoms with Gasteiger partial charge in [-0.15, -0.1) is 0 Å². The van der Waals surface area contributed by atoms with Crippen molar-refractivity contribution in [1.82, 2.24) is 0 Å². The summed E-state index contributed by atoms with van der Waals surface area (Å²) in [5.41, 5.74) is 9.32. The smallest absolute Gasteiger partial charge is 0.0320 e. The number of nitrogen functional groups attached to an aromatic ring is 1. The number of hydrogen-bond donors (Lipinski definition) is 1. The van der Waals surface area contributed by atoms with E-state index in [1.54, 1.807) is 0 Å². The molecule has 62 valence electrons. The van der Waals surface area contributed by atoms with Gasteiger partial charge in [0, 0.05) is 5.69 Å². The summed E-state index contributed by atoms with van der Waals surface area (Å²) < 4.78 is 0. The van der Waals surface area contributed by atoms with Gasteiger partial charge in [0.15, 0.2) is 0 Å². The number of benzene rings is 1. The molecule has 0 spiro atoms. The standard InChI is InChI=1S/C11H13N/c12-11-7-3-6-10(8-11)9-4-1-2-5-9/h3-4,6-8H,1-2,5,12H2. The zero-order chi connectivity index (χ0) is 8.39. The van der Waals surface area contributed by atoms with Crippen LogP contribution in [0.25, 0.3) is 5.57 Å². The molecule has 12 heavy (non-hydrogen) atoms. The number of allylic oxidation sites excluding steroid dienone is 2. The van der Waals surface area contributed by atoms with Crippen LogP contribution in [0.2, 0.25) is 0 Å². The lowest BCUT2D eigenvalue weighted by Crippen LogP contribution is -1.86. The fourth-order valence-corrected chi connectivity index (χ4v) is 1.67. The minimum Gasteiger partial charge on any atom is -0.399 e. The quantitative estimate of drug-likeness (QED) is 0.626. The van der Waals surface area contributed by atoms with Gasteiger partial charge in [-0.05, 0) is 42.5 Å². The zero-order valence-electron chi connectivity index (χ0n) is 7.09. The lowest BCUT2D eigenvalue weighted by molar-refractivity contribution is 0.935. The molecule has 0 heterocycles. The molecule has 0 fully saturated rings. The molecule has 1 heteroatoms. The van der Waals surface area contributed by atoms with Crippen LogP contribution in [-0.2, 0) is 0 Å². The Labute approximate surface area is 72.9 Å². The SMILES string of the molecule is Nc1cccc(C2=CCCC2)c1. The molecule has 2 rings (SSSR count). The summed E-state index contributed by atoms with van der Waals surface area (Å²) in [6, 6.07) is 8.13. The fourth-order valence-electron chi connectivity index (χ4n) is 1.67. The first-order valence-electron chi connectivity index (χ1n) is 4.41. The molecule has 2 N–H and O–H groups in total. The Kier molecular flexibility index (Phi) is 1.86. The Bertz CT molecular complexity index is 313. The molecule has 0 atom stereocenters. The van der Waals surface area contributed by atoms with E-state index in [1.165, 1.54) is 30.4 Å². The van der Waals surface area contributed by atoms with Crippen molar-refractivity contribution in [2.24, 2.45) is 0 Å². The third-order valence-corrected chi connectivity index (χ3v) is 2.30. The van der Waals surface area contributed by atoms with Gasteiger partial charge >= 0.3 is 0 Å². The first kappa shape index (κ1) is 7.41. The van der Waals surface area contributed by atoms with E-state index in [0.29, 0.717) is 0 Å². The van der Waals surface area contributed by atoms with Gasteiger partial charge in [-0.3, -0.25) is 0 Å². The molecule has 1 aliphatic rings. The highest BCUT2D eigenvalue weighted by Crippen LogP contribution is 2.28. The van der Waals surface area contributed by atoms with Crippen molar-refractivity contribution in [3.63, 3.8) is 0 Å². The van der Waals surface area contributed by atoms with E-state index in [1.807, 2.05) is 12.1 Å². The monoisotopic (exact) mass is 159 g/mol. The summed E-state index contributed by atoms with van der Waals surface area (Å²) in [7, 11) is 0. The number of nitrogens with two attached hydrogens (primary N) is 1. The molecule has 0 unspecified atom stereocenters. The molecule has 0 bridgehead atoms. The van der Waals surface area contributed by atoms with Crippen molar-refractivity contribution in [2.75, 3.05) is 5.73 Å². The summed E-state index contributed by atoms with van der Waals surface area (Å²) in [5, 5.41) is 0. The normalized spacial score (nSPS) is 16.2.